The maximum absolute atomic E-state index is 12.0. The van der Waals surface area contributed by atoms with E-state index in [9.17, 15) is 9.59 Å². The maximum atomic E-state index is 12.0. The van der Waals surface area contributed by atoms with Gasteiger partial charge in [0.2, 0.25) is 5.76 Å². The molecule has 6 heteroatoms. The normalized spacial score (nSPS) is 11.7. The molecule has 122 valence electrons. The molecule has 0 fully saturated rings. The minimum Gasteiger partial charge on any atom is -0.450 e. The summed E-state index contributed by atoms with van der Waals surface area (Å²) in [5.74, 6) is -0.957. The Balaban J connectivity index is 1.88. The highest BCUT2D eigenvalue weighted by Gasteiger charge is 2.17. The van der Waals surface area contributed by atoms with Crippen LogP contribution >= 0.6 is 15.9 Å². The van der Waals surface area contributed by atoms with Crippen molar-refractivity contribution in [2.24, 2.45) is 0 Å². The van der Waals surface area contributed by atoms with Crippen LogP contribution in [0, 0.1) is 0 Å². The van der Waals surface area contributed by atoms with Crippen molar-refractivity contribution in [1.82, 2.24) is 5.32 Å². The van der Waals surface area contributed by atoms with Crippen LogP contribution < -0.4 is 5.32 Å². The van der Waals surface area contributed by atoms with Gasteiger partial charge in [0.15, 0.2) is 11.3 Å². The standard InChI is InChI=1S/C17H18BrNO4/c1-2-6-13(12-7-4-3-5-8-12)19-16(20)11-22-17(21)14-9-10-15(18)23-14/h3-5,7-10,13H,2,6,11H2,1H3,(H,19,20)/t13-/m1/s1. The fraction of sp³-hybridized carbons (Fsp3) is 0.294. The molecular formula is C17H18BrNO4. The summed E-state index contributed by atoms with van der Waals surface area (Å²) >= 11 is 3.10. The molecule has 0 aliphatic heterocycles. The van der Waals surface area contributed by atoms with Crippen molar-refractivity contribution < 1.29 is 18.7 Å². The van der Waals surface area contributed by atoms with E-state index >= 15 is 0 Å². The Morgan fingerprint density at radius 3 is 2.57 bits per heavy atom. The van der Waals surface area contributed by atoms with E-state index in [4.69, 9.17) is 9.15 Å². The SMILES string of the molecule is CCC[C@@H](NC(=O)COC(=O)c1ccc(Br)o1)c1ccccc1. The van der Waals surface area contributed by atoms with Gasteiger partial charge in [0.25, 0.3) is 5.91 Å². The highest BCUT2D eigenvalue weighted by atomic mass is 79.9. The van der Waals surface area contributed by atoms with E-state index in [1.54, 1.807) is 6.07 Å². The molecule has 1 atom stereocenters. The monoisotopic (exact) mass is 379 g/mol. The number of hydrogen-bond acceptors (Lipinski definition) is 4. The molecule has 1 aromatic carbocycles. The first-order chi connectivity index (χ1) is 11.1. The van der Waals surface area contributed by atoms with Crippen LogP contribution in [0.15, 0.2) is 51.6 Å². The summed E-state index contributed by atoms with van der Waals surface area (Å²) in [6.45, 7) is 1.71. The fourth-order valence-corrected chi connectivity index (χ4v) is 2.46. The van der Waals surface area contributed by atoms with Crippen molar-refractivity contribution in [3.05, 3.63) is 58.5 Å². The van der Waals surface area contributed by atoms with Gasteiger partial charge in [0.1, 0.15) is 0 Å². The van der Waals surface area contributed by atoms with Crippen molar-refractivity contribution in [3.8, 4) is 0 Å². The van der Waals surface area contributed by atoms with E-state index in [-0.39, 0.29) is 24.3 Å². The Bertz CT molecular complexity index is 654. The van der Waals surface area contributed by atoms with Gasteiger partial charge in [-0.15, -0.1) is 0 Å². The summed E-state index contributed by atoms with van der Waals surface area (Å²) in [5, 5.41) is 2.89. The van der Waals surface area contributed by atoms with Gasteiger partial charge in [-0.25, -0.2) is 4.79 Å². The van der Waals surface area contributed by atoms with Gasteiger partial charge in [-0.05, 0) is 40.0 Å². The second kappa shape index (κ2) is 8.53. The summed E-state index contributed by atoms with van der Waals surface area (Å²) in [7, 11) is 0. The van der Waals surface area contributed by atoms with Gasteiger partial charge in [0.05, 0.1) is 6.04 Å². The molecule has 5 nitrogen and oxygen atoms in total. The van der Waals surface area contributed by atoms with Gasteiger partial charge < -0.3 is 14.5 Å². The molecule has 1 heterocycles. The molecule has 0 aliphatic carbocycles. The number of carbonyl (C=O) groups is 2. The molecule has 0 saturated heterocycles. The molecule has 2 aromatic rings. The minimum atomic E-state index is -0.669. The quantitative estimate of drug-likeness (QED) is 0.741. The Labute approximate surface area is 143 Å². The molecule has 0 aliphatic rings. The second-order valence-corrected chi connectivity index (χ2v) is 5.78. The summed E-state index contributed by atoms with van der Waals surface area (Å²) < 4.78 is 10.5. The molecular weight excluding hydrogens is 362 g/mol. The van der Waals surface area contributed by atoms with Gasteiger partial charge in [-0.3, -0.25) is 4.79 Å². The lowest BCUT2D eigenvalue weighted by atomic mass is 10.0. The zero-order valence-corrected chi connectivity index (χ0v) is 14.3. The number of amides is 1. The van der Waals surface area contributed by atoms with Crippen molar-refractivity contribution in [2.75, 3.05) is 6.61 Å². The van der Waals surface area contributed by atoms with Crippen molar-refractivity contribution in [2.45, 2.75) is 25.8 Å². The second-order valence-electron chi connectivity index (χ2n) is 5.00. The van der Waals surface area contributed by atoms with Crippen LogP contribution in [0.1, 0.15) is 41.9 Å². The first-order valence-corrected chi connectivity index (χ1v) is 8.16. The zero-order valence-electron chi connectivity index (χ0n) is 12.8. The highest BCUT2D eigenvalue weighted by molar-refractivity contribution is 9.10. The number of carbonyl (C=O) groups excluding carboxylic acids is 2. The molecule has 1 aromatic heterocycles. The molecule has 0 unspecified atom stereocenters. The third-order valence-corrected chi connectivity index (χ3v) is 3.65. The molecule has 0 radical (unpaired) electrons. The zero-order chi connectivity index (χ0) is 16.7. The van der Waals surface area contributed by atoms with E-state index in [0.29, 0.717) is 4.67 Å². The van der Waals surface area contributed by atoms with Crippen LogP contribution in [0.3, 0.4) is 0 Å². The van der Waals surface area contributed by atoms with Gasteiger partial charge in [-0.2, -0.15) is 0 Å². The molecule has 1 amide bonds. The van der Waals surface area contributed by atoms with Crippen molar-refractivity contribution in [3.63, 3.8) is 0 Å². The highest BCUT2D eigenvalue weighted by Crippen LogP contribution is 2.18. The van der Waals surface area contributed by atoms with Gasteiger partial charge in [0, 0.05) is 0 Å². The third kappa shape index (κ3) is 5.25. The van der Waals surface area contributed by atoms with Crippen LogP contribution in [0.4, 0.5) is 0 Å². The summed E-state index contributed by atoms with van der Waals surface area (Å²) in [5.41, 5.74) is 1.03. The average molecular weight is 380 g/mol. The first-order valence-electron chi connectivity index (χ1n) is 7.37. The van der Waals surface area contributed by atoms with E-state index in [1.807, 2.05) is 30.3 Å². The number of furan rings is 1. The molecule has 0 bridgehead atoms. The van der Waals surface area contributed by atoms with Crippen molar-refractivity contribution >= 4 is 27.8 Å². The number of benzene rings is 1. The Morgan fingerprint density at radius 2 is 1.96 bits per heavy atom. The Morgan fingerprint density at radius 1 is 1.22 bits per heavy atom. The van der Waals surface area contributed by atoms with Crippen molar-refractivity contribution in [1.29, 1.82) is 0 Å². The lowest BCUT2D eigenvalue weighted by Crippen LogP contribution is -2.32. The molecule has 23 heavy (non-hydrogen) atoms. The summed E-state index contributed by atoms with van der Waals surface area (Å²) in [4.78, 5) is 23.7. The molecule has 2 rings (SSSR count). The van der Waals surface area contributed by atoms with E-state index < -0.39 is 5.97 Å². The van der Waals surface area contributed by atoms with Crippen LogP contribution in [0.25, 0.3) is 0 Å². The predicted molar refractivity (Wildman–Crippen MR) is 88.9 cm³/mol. The minimum absolute atomic E-state index is 0.0536. The third-order valence-electron chi connectivity index (χ3n) is 3.22. The predicted octanol–water partition coefficient (Wildman–Crippen LogP) is 3.86. The number of hydrogen-bond donors (Lipinski definition) is 1. The van der Waals surface area contributed by atoms with E-state index in [2.05, 4.69) is 28.2 Å². The lowest BCUT2D eigenvalue weighted by molar-refractivity contribution is -0.125. The first kappa shape index (κ1) is 17.3. The molecule has 0 saturated carbocycles. The Hall–Kier alpha value is -2.08. The number of halogens is 1. The number of ether oxygens (including phenoxy) is 1. The smallest absolute Gasteiger partial charge is 0.374 e. The number of rotatable bonds is 7. The number of nitrogens with one attached hydrogen (secondary N) is 1. The van der Waals surface area contributed by atoms with Gasteiger partial charge in [-0.1, -0.05) is 43.7 Å². The van der Waals surface area contributed by atoms with Gasteiger partial charge >= 0.3 is 5.97 Å². The molecule has 1 N–H and O–H groups in total. The number of esters is 1. The summed E-state index contributed by atoms with van der Waals surface area (Å²) in [6, 6.07) is 12.7. The summed E-state index contributed by atoms with van der Waals surface area (Å²) in [6.07, 6.45) is 1.74. The van der Waals surface area contributed by atoms with Crippen LogP contribution in [-0.4, -0.2) is 18.5 Å². The fourth-order valence-electron chi connectivity index (χ4n) is 2.16. The average Bonchev–Trinajstić information content (AvgIpc) is 2.99. The van der Waals surface area contributed by atoms with E-state index in [1.165, 1.54) is 6.07 Å². The van der Waals surface area contributed by atoms with Crippen LogP contribution in [0.2, 0.25) is 0 Å². The molecule has 0 spiro atoms. The maximum Gasteiger partial charge on any atom is 0.374 e. The largest absolute Gasteiger partial charge is 0.450 e. The topological polar surface area (TPSA) is 68.5 Å². The van der Waals surface area contributed by atoms with Crippen LogP contribution in [0.5, 0.6) is 0 Å². The lowest BCUT2D eigenvalue weighted by Gasteiger charge is -2.18. The van der Waals surface area contributed by atoms with Crippen LogP contribution in [-0.2, 0) is 9.53 Å². The van der Waals surface area contributed by atoms with E-state index in [0.717, 1.165) is 18.4 Å². The Kier molecular flexibility index (Phi) is 6.40.